The molecule has 5 heteroatoms. The van der Waals surface area contributed by atoms with Gasteiger partial charge in [-0.15, -0.1) is 0 Å². The predicted octanol–water partition coefficient (Wildman–Crippen LogP) is 18.1. The van der Waals surface area contributed by atoms with E-state index in [1.54, 1.807) is 0 Å². The number of aromatic nitrogens is 2. The zero-order valence-corrected chi connectivity index (χ0v) is 43.2. The zero-order valence-electron chi connectivity index (χ0n) is 43.2. The molecule has 0 N–H and O–H groups in total. The lowest BCUT2D eigenvalue weighted by atomic mass is 9.78. The Kier molecular flexibility index (Phi) is 11.8. The Labute approximate surface area is 416 Å². The molecular weight excluding hydrogens is 853 g/mol. The number of fused-ring (bicyclic) bond motifs is 4. The number of ether oxygens (including phenoxy) is 1. The second-order valence-corrected chi connectivity index (χ2v) is 22.6. The van der Waals surface area contributed by atoms with Crippen molar-refractivity contribution in [3.63, 3.8) is 0 Å². The smallest absolute Gasteiger partial charge is 0.137 e. The van der Waals surface area contributed by atoms with Crippen molar-refractivity contribution < 1.29 is 4.74 Å². The number of benzene rings is 7. The average Bonchev–Trinajstić information content (AvgIpc) is 3.89. The Hall–Kier alpha value is -7.11. The van der Waals surface area contributed by atoms with Crippen molar-refractivity contribution in [1.29, 1.82) is 0 Å². The van der Waals surface area contributed by atoms with E-state index in [-0.39, 0.29) is 16.2 Å². The average molecular weight is 921 g/mol. The van der Waals surface area contributed by atoms with Gasteiger partial charge < -0.3 is 14.5 Å². The van der Waals surface area contributed by atoms with Crippen LogP contribution >= 0.6 is 0 Å². The van der Waals surface area contributed by atoms with Gasteiger partial charge in [0.2, 0.25) is 0 Å². The Morgan fingerprint density at radius 3 is 1.69 bits per heavy atom. The molecule has 0 bridgehead atoms. The van der Waals surface area contributed by atoms with Crippen LogP contribution in [-0.2, 0) is 16.2 Å². The van der Waals surface area contributed by atoms with Crippen LogP contribution < -0.4 is 14.5 Å². The molecule has 10 rings (SSSR count). The van der Waals surface area contributed by atoms with E-state index >= 15 is 0 Å². The number of hydrogen-bond donors (Lipinski definition) is 0. The highest BCUT2D eigenvalue weighted by Crippen LogP contribution is 2.49. The maximum atomic E-state index is 7.20. The van der Waals surface area contributed by atoms with Gasteiger partial charge in [0.05, 0.1) is 22.4 Å². The number of hydrogen-bond acceptors (Lipinski definition) is 4. The van der Waals surface area contributed by atoms with Crippen LogP contribution in [-0.4, -0.2) is 16.2 Å². The van der Waals surface area contributed by atoms with Crippen LogP contribution in [0.2, 0.25) is 0 Å². The van der Waals surface area contributed by atoms with Gasteiger partial charge in [0.15, 0.2) is 0 Å². The molecule has 3 heterocycles. The first-order valence-electron chi connectivity index (χ1n) is 25.2. The van der Waals surface area contributed by atoms with Gasteiger partial charge in [0.25, 0.3) is 0 Å². The number of para-hydroxylation sites is 3. The minimum Gasteiger partial charge on any atom is -0.457 e. The van der Waals surface area contributed by atoms with Crippen LogP contribution in [0.1, 0.15) is 128 Å². The van der Waals surface area contributed by atoms with Crippen molar-refractivity contribution in [3.05, 3.63) is 203 Å². The summed E-state index contributed by atoms with van der Waals surface area (Å²) in [6, 6.07) is 60.1. The molecule has 354 valence electrons. The predicted molar refractivity (Wildman–Crippen MR) is 297 cm³/mol. The Balaban J connectivity index is 1.12. The van der Waals surface area contributed by atoms with Gasteiger partial charge >= 0.3 is 0 Å². The van der Waals surface area contributed by atoms with E-state index < -0.39 is 0 Å². The third-order valence-corrected chi connectivity index (χ3v) is 14.6. The van der Waals surface area contributed by atoms with E-state index in [0.29, 0.717) is 18.5 Å². The van der Waals surface area contributed by atoms with Crippen molar-refractivity contribution >= 4 is 44.6 Å². The molecule has 70 heavy (non-hydrogen) atoms. The number of rotatable bonds is 10. The number of nitrogens with zero attached hydrogens (tertiary/aromatic N) is 4. The third kappa shape index (κ3) is 8.54. The fraction of sp³-hybridized carbons (Fsp3) is 0.277. The molecule has 5 nitrogen and oxygen atoms in total. The standard InChI is InChI=1S/C65H68N4O/c1-42(2)53-24-20-25-54(43(3)4)62(53)44-33-49(67-41-68(59-28-19-18-27-58(59)67)50-36-47(63(5,6)7)35-48(37-50)64(8,9)10)39-52(34-44)70-51-29-30-56-55-23-16-17-26-57(55)69(60(56)40-51)61-38-46(31-32-66-61)65(11,12)45-21-14-13-15-22-45/h13-40,42-43H,41H2,1-12H3. The maximum Gasteiger partial charge on any atom is 0.137 e. The third-order valence-electron chi connectivity index (χ3n) is 14.6. The highest BCUT2D eigenvalue weighted by Gasteiger charge is 2.32. The van der Waals surface area contributed by atoms with Crippen molar-refractivity contribution in [2.75, 3.05) is 16.5 Å². The molecule has 0 radical (unpaired) electrons. The summed E-state index contributed by atoms with van der Waals surface area (Å²) in [5.41, 5.74) is 16.8. The molecule has 1 aliphatic heterocycles. The number of anilines is 4. The molecule has 0 unspecified atom stereocenters. The summed E-state index contributed by atoms with van der Waals surface area (Å²) in [5, 5.41) is 2.33. The second-order valence-electron chi connectivity index (χ2n) is 22.6. The highest BCUT2D eigenvalue weighted by atomic mass is 16.5. The quantitative estimate of drug-likeness (QED) is 0.137. The van der Waals surface area contributed by atoms with Gasteiger partial charge in [-0.1, -0.05) is 168 Å². The first kappa shape index (κ1) is 46.6. The van der Waals surface area contributed by atoms with Crippen molar-refractivity contribution in [2.24, 2.45) is 0 Å². The van der Waals surface area contributed by atoms with E-state index in [1.807, 2.05) is 6.20 Å². The lowest BCUT2D eigenvalue weighted by molar-refractivity contribution is 0.483. The van der Waals surface area contributed by atoms with Crippen molar-refractivity contribution in [3.8, 4) is 28.4 Å². The normalized spacial score (nSPS) is 13.3. The summed E-state index contributed by atoms with van der Waals surface area (Å²) < 4.78 is 9.50. The topological polar surface area (TPSA) is 33.5 Å². The summed E-state index contributed by atoms with van der Waals surface area (Å²) in [4.78, 5) is 10.0. The molecule has 0 atom stereocenters. The van der Waals surface area contributed by atoms with E-state index in [0.717, 1.165) is 45.0 Å². The maximum absolute atomic E-state index is 7.20. The molecule has 0 fully saturated rings. The molecule has 1 aliphatic rings. The van der Waals surface area contributed by atoms with Gasteiger partial charge in [-0.2, -0.15) is 0 Å². The van der Waals surface area contributed by atoms with E-state index in [1.165, 1.54) is 61.4 Å². The van der Waals surface area contributed by atoms with Crippen LogP contribution in [0, 0.1) is 0 Å². The lowest BCUT2D eigenvalue weighted by Gasteiger charge is -2.29. The molecule has 0 amide bonds. The van der Waals surface area contributed by atoms with Crippen molar-refractivity contribution in [2.45, 2.75) is 111 Å². The van der Waals surface area contributed by atoms with Gasteiger partial charge in [-0.25, -0.2) is 4.98 Å². The summed E-state index contributed by atoms with van der Waals surface area (Å²) >= 11 is 0. The molecule has 0 saturated carbocycles. The van der Waals surface area contributed by atoms with E-state index in [2.05, 4.69) is 261 Å². The summed E-state index contributed by atoms with van der Waals surface area (Å²) in [6.07, 6.45) is 1.95. The van der Waals surface area contributed by atoms with Gasteiger partial charge in [0, 0.05) is 45.9 Å². The molecule has 2 aromatic heterocycles. The first-order valence-corrected chi connectivity index (χ1v) is 25.2. The fourth-order valence-electron chi connectivity index (χ4n) is 10.5. The monoisotopic (exact) mass is 921 g/mol. The lowest BCUT2D eigenvalue weighted by Crippen LogP contribution is -2.25. The van der Waals surface area contributed by atoms with E-state index in [9.17, 15) is 0 Å². The Bertz CT molecular complexity index is 3340. The zero-order chi connectivity index (χ0) is 49.3. The summed E-state index contributed by atoms with van der Waals surface area (Å²) in [5.74, 6) is 3.07. The van der Waals surface area contributed by atoms with Crippen LogP contribution in [0.25, 0.3) is 38.8 Å². The van der Waals surface area contributed by atoms with E-state index in [4.69, 9.17) is 9.72 Å². The van der Waals surface area contributed by atoms with Crippen LogP contribution in [0.15, 0.2) is 170 Å². The summed E-state index contributed by atoms with van der Waals surface area (Å²) in [7, 11) is 0. The van der Waals surface area contributed by atoms with Crippen LogP contribution in [0.4, 0.5) is 22.7 Å². The summed E-state index contributed by atoms with van der Waals surface area (Å²) in [6.45, 7) is 28.3. The minimum absolute atomic E-state index is 0.00928. The largest absolute Gasteiger partial charge is 0.457 e. The fourth-order valence-corrected chi connectivity index (χ4v) is 10.5. The van der Waals surface area contributed by atoms with Gasteiger partial charge in [-0.05, 0) is 134 Å². The molecular formula is C65H68N4O. The van der Waals surface area contributed by atoms with Gasteiger partial charge in [0.1, 0.15) is 24.0 Å². The van der Waals surface area contributed by atoms with Crippen LogP contribution in [0.5, 0.6) is 11.5 Å². The SMILES string of the molecule is CC(C)c1cccc(C(C)C)c1-c1cc(Oc2ccc3c4ccccc4n(-c4cc(C(C)(C)c5ccccc5)ccn4)c3c2)cc(N2CN(c3cc(C(C)(C)C)cc(C(C)(C)C)c3)c3ccccc32)c1. The Morgan fingerprint density at radius 2 is 1.06 bits per heavy atom. The molecule has 0 saturated heterocycles. The second kappa shape index (κ2) is 17.7. The molecule has 7 aromatic carbocycles. The Morgan fingerprint density at radius 1 is 0.471 bits per heavy atom. The first-order chi connectivity index (χ1) is 33.4. The molecule has 0 spiro atoms. The highest BCUT2D eigenvalue weighted by molar-refractivity contribution is 6.09. The molecule has 0 aliphatic carbocycles. The molecule has 9 aromatic rings. The van der Waals surface area contributed by atoms with Crippen molar-refractivity contribution in [1.82, 2.24) is 9.55 Å². The van der Waals surface area contributed by atoms with Crippen LogP contribution in [0.3, 0.4) is 0 Å². The minimum atomic E-state index is -0.225. The number of pyridine rings is 1. The van der Waals surface area contributed by atoms with Gasteiger partial charge in [-0.3, -0.25) is 4.57 Å².